The SMILES string of the molecule is O=C(O)N1CCC(n2ccc(Br)cc2=O)CC1. The molecular weight excluding hydrogens is 288 g/mol. The zero-order valence-electron chi connectivity index (χ0n) is 9.17. The average Bonchev–Trinajstić information content (AvgIpc) is 2.29. The van der Waals surface area contributed by atoms with Gasteiger partial charge in [-0.15, -0.1) is 0 Å². The highest BCUT2D eigenvalue weighted by atomic mass is 79.9. The molecule has 1 amide bonds. The lowest BCUT2D eigenvalue weighted by Crippen LogP contribution is -2.39. The highest BCUT2D eigenvalue weighted by Crippen LogP contribution is 2.21. The summed E-state index contributed by atoms with van der Waals surface area (Å²) in [6.07, 6.45) is 2.25. The summed E-state index contributed by atoms with van der Waals surface area (Å²) < 4.78 is 2.45. The fraction of sp³-hybridized carbons (Fsp3) is 0.455. The number of hydrogen-bond acceptors (Lipinski definition) is 2. The fourth-order valence-corrected chi connectivity index (χ4v) is 2.42. The van der Waals surface area contributed by atoms with Crippen molar-refractivity contribution < 1.29 is 9.90 Å². The maximum absolute atomic E-state index is 11.8. The van der Waals surface area contributed by atoms with Gasteiger partial charge in [0.25, 0.3) is 5.56 Å². The minimum Gasteiger partial charge on any atom is -0.465 e. The van der Waals surface area contributed by atoms with Crippen molar-refractivity contribution in [2.24, 2.45) is 0 Å². The molecular formula is C11H13BrN2O3. The maximum atomic E-state index is 11.8. The van der Waals surface area contributed by atoms with Gasteiger partial charge in [-0.2, -0.15) is 0 Å². The molecule has 0 unspecified atom stereocenters. The van der Waals surface area contributed by atoms with Crippen molar-refractivity contribution in [2.45, 2.75) is 18.9 Å². The van der Waals surface area contributed by atoms with Crippen LogP contribution < -0.4 is 5.56 Å². The Balaban J connectivity index is 2.10. The second kappa shape index (κ2) is 4.91. The molecule has 1 aromatic heterocycles. The van der Waals surface area contributed by atoms with Crippen molar-refractivity contribution in [1.82, 2.24) is 9.47 Å². The summed E-state index contributed by atoms with van der Waals surface area (Å²) in [5.41, 5.74) is -0.0480. The molecule has 0 atom stereocenters. The second-order valence-electron chi connectivity index (χ2n) is 4.09. The molecule has 2 rings (SSSR count). The number of amides is 1. The standard InChI is InChI=1S/C11H13BrN2O3/c12-8-1-6-14(10(15)7-8)9-2-4-13(5-3-9)11(16)17/h1,6-7,9H,2-5H2,(H,16,17). The van der Waals surface area contributed by atoms with E-state index in [2.05, 4.69) is 15.9 Å². The Labute approximate surface area is 107 Å². The third-order valence-electron chi connectivity index (χ3n) is 3.04. The largest absolute Gasteiger partial charge is 0.465 e. The van der Waals surface area contributed by atoms with E-state index in [0.717, 1.165) is 4.47 Å². The number of pyridine rings is 1. The second-order valence-corrected chi connectivity index (χ2v) is 5.01. The Morgan fingerprint density at radius 1 is 1.41 bits per heavy atom. The van der Waals surface area contributed by atoms with Crippen molar-refractivity contribution in [3.8, 4) is 0 Å². The number of carbonyl (C=O) groups is 1. The zero-order chi connectivity index (χ0) is 12.4. The van der Waals surface area contributed by atoms with Gasteiger partial charge in [-0.05, 0) is 18.9 Å². The van der Waals surface area contributed by atoms with Gasteiger partial charge < -0.3 is 14.6 Å². The Morgan fingerprint density at radius 3 is 2.59 bits per heavy atom. The van der Waals surface area contributed by atoms with Crippen molar-refractivity contribution in [1.29, 1.82) is 0 Å². The molecule has 1 N–H and O–H groups in total. The van der Waals surface area contributed by atoms with Crippen LogP contribution in [0.25, 0.3) is 0 Å². The molecule has 0 spiro atoms. The first-order valence-electron chi connectivity index (χ1n) is 5.43. The minimum atomic E-state index is -0.883. The number of hydrogen-bond donors (Lipinski definition) is 1. The molecule has 0 radical (unpaired) electrons. The number of likely N-dealkylation sites (tertiary alicyclic amines) is 1. The smallest absolute Gasteiger partial charge is 0.407 e. The Hall–Kier alpha value is -1.30. The van der Waals surface area contributed by atoms with E-state index >= 15 is 0 Å². The highest BCUT2D eigenvalue weighted by molar-refractivity contribution is 9.10. The summed E-state index contributed by atoms with van der Waals surface area (Å²) in [5, 5.41) is 8.84. The molecule has 0 bridgehead atoms. The summed E-state index contributed by atoms with van der Waals surface area (Å²) in [7, 11) is 0. The van der Waals surface area contributed by atoms with Gasteiger partial charge in [-0.3, -0.25) is 4.79 Å². The predicted molar refractivity (Wildman–Crippen MR) is 66.3 cm³/mol. The number of rotatable bonds is 1. The molecule has 0 aliphatic carbocycles. The van der Waals surface area contributed by atoms with Crippen LogP contribution in [-0.4, -0.2) is 33.8 Å². The van der Waals surface area contributed by atoms with E-state index in [9.17, 15) is 9.59 Å². The van der Waals surface area contributed by atoms with Crippen LogP contribution in [-0.2, 0) is 0 Å². The van der Waals surface area contributed by atoms with Crippen LogP contribution in [0, 0.1) is 0 Å². The van der Waals surface area contributed by atoms with Crippen molar-refractivity contribution in [2.75, 3.05) is 13.1 Å². The number of halogens is 1. The molecule has 1 fully saturated rings. The van der Waals surface area contributed by atoms with Gasteiger partial charge in [0, 0.05) is 35.9 Å². The molecule has 0 aromatic carbocycles. The molecule has 1 saturated heterocycles. The first kappa shape index (κ1) is 12.2. The quantitative estimate of drug-likeness (QED) is 0.862. The predicted octanol–water partition coefficient (Wildman–Crippen LogP) is 1.93. The number of piperidine rings is 1. The summed E-state index contributed by atoms with van der Waals surface area (Å²) in [6.45, 7) is 0.977. The normalized spacial score (nSPS) is 17.1. The summed E-state index contributed by atoms with van der Waals surface area (Å²) >= 11 is 3.25. The number of carboxylic acid groups (broad SMARTS) is 1. The van der Waals surface area contributed by atoms with E-state index in [1.807, 2.05) is 6.07 Å². The Kier molecular flexibility index (Phi) is 3.51. The van der Waals surface area contributed by atoms with Crippen molar-refractivity contribution >= 4 is 22.0 Å². The van der Waals surface area contributed by atoms with Gasteiger partial charge in [0.2, 0.25) is 0 Å². The van der Waals surface area contributed by atoms with Crippen molar-refractivity contribution in [3.05, 3.63) is 33.2 Å². The summed E-state index contributed by atoms with van der Waals surface area (Å²) in [6, 6.07) is 3.46. The molecule has 92 valence electrons. The molecule has 17 heavy (non-hydrogen) atoms. The summed E-state index contributed by atoms with van der Waals surface area (Å²) in [4.78, 5) is 23.9. The molecule has 1 aliphatic heterocycles. The third-order valence-corrected chi connectivity index (χ3v) is 3.53. The van der Waals surface area contributed by atoms with Crippen molar-refractivity contribution in [3.63, 3.8) is 0 Å². The van der Waals surface area contributed by atoms with Crippen LogP contribution in [0.1, 0.15) is 18.9 Å². The highest BCUT2D eigenvalue weighted by Gasteiger charge is 2.23. The number of aromatic nitrogens is 1. The third kappa shape index (κ3) is 2.69. The first-order chi connectivity index (χ1) is 8.08. The minimum absolute atomic E-state index is 0.0480. The van der Waals surface area contributed by atoms with E-state index in [1.54, 1.807) is 10.8 Å². The molecule has 2 heterocycles. The van der Waals surface area contributed by atoms with E-state index in [-0.39, 0.29) is 11.6 Å². The van der Waals surface area contributed by atoms with Gasteiger partial charge in [0.05, 0.1) is 0 Å². The van der Waals surface area contributed by atoms with Crippen LogP contribution in [0.15, 0.2) is 27.6 Å². The van der Waals surface area contributed by atoms with Gasteiger partial charge in [0.15, 0.2) is 0 Å². The lowest BCUT2D eigenvalue weighted by atomic mass is 10.1. The molecule has 1 aliphatic rings. The number of nitrogens with zero attached hydrogens (tertiary/aromatic N) is 2. The van der Waals surface area contributed by atoms with Crippen LogP contribution >= 0.6 is 15.9 Å². The first-order valence-corrected chi connectivity index (χ1v) is 6.23. The zero-order valence-corrected chi connectivity index (χ0v) is 10.8. The fourth-order valence-electron chi connectivity index (χ4n) is 2.10. The average molecular weight is 301 g/mol. The molecule has 6 heteroatoms. The molecule has 5 nitrogen and oxygen atoms in total. The Morgan fingerprint density at radius 2 is 2.06 bits per heavy atom. The lowest BCUT2D eigenvalue weighted by molar-refractivity contribution is 0.125. The van der Waals surface area contributed by atoms with Crippen LogP contribution in [0.2, 0.25) is 0 Å². The monoisotopic (exact) mass is 300 g/mol. The lowest BCUT2D eigenvalue weighted by Gasteiger charge is -2.31. The van der Waals surface area contributed by atoms with E-state index < -0.39 is 6.09 Å². The van der Waals surface area contributed by atoms with Crippen LogP contribution in [0.4, 0.5) is 4.79 Å². The van der Waals surface area contributed by atoms with Gasteiger partial charge in [0.1, 0.15) is 0 Å². The van der Waals surface area contributed by atoms with Crippen LogP contribution in [0.3, 0.4) is 0 Å². The molecule has 0 saturated carbocycles. The van der Waals surface area contributed by atoms with E-state index in [4.69, 9.17) is 5.11 Å². The van der Waals surface area contributed by atoms with Gasteiger partial charge in [-0.25, -0.2) is 4.79 Å². The Bertz CT molecular complexity index is 478. The van der Waals surface area contributed by atoms with E-state index in [0.29, 0.717) is 25.9 Å². The molecule has 1 aromatic rings. The van der Waals surface area contributed by atoms with E-state index in [1.165, 1.54) is 11.0 Å². The summed E-state index contributed by atoms with van der Waals surface area (Å²) in [5.74, 6) is 0. The maximum Gasteiger partial charge on any atom is 0.407 e. The topological polar surface area (TPSA) is 62.5 Å². The van der Waals surface area contributed by atoms with Crippen LogP contribution in [0.5, 0.6) is 0 Å². The van der Waals surface area contributed by atoms with Gasteiger partial charge in [-0.1, -0.05) is 15.9 Å². The van der Waals surface area contributed by atoms with Gasteiger partial charge >= 0.3 is 6.09 Å².